The third-order valence-corrected chi connectivity index (χ3v) is 2.50. The van der Waals surface area contributed by atoms with Crippen molar-refractivity contribution in [3.63, 3.8) is 0 Å². The molecule has 3 N–H and O–H groups in total. The fourth-order valence-corrected chi connectivity index (χ4v) is 1.67. The minimum Gasteiger partial charge on any atom is -0.396 e. The Kier molecular flexibility index (Phi) is 5.21. The van der Waals surface area contributed by atoms with Gasteiger partial charge in [-0.15, -0.1) is 0 Å². The molecule has 1 unspecified atom stereocenters. The summed E-state index contributed by atoms with van der Waals surface area (Å²) in [6.07, 6.45) is 1.37. The third kappa shape index (κ3) is 3.79. The number of methoxy groups -OCH3 is 1. The van der Waals surface area contributed by atoms with E-state index in [1.54, 1.807) is 0 Å². The molecule has 1 heterocycles. The van der Waals surface area contributed by atoms with Crippen LogP contribution in [0.3, 0.4) is 0 Å². The summed E-state index contributed by atoms with van der Waals surface area (Å²) in [5.41, 5.74) is 0. The lowest BCUT2D eigenvalue weighted by atomic mass is 10.1. The molecule has 0 aromatic rings. The first-order chi connectivity index (χ1) is 7.67. The Balaban J connectivity index is 2.38. The van der Waals surface area contributed by atoms with Crippen LogP contribution >= 0.6 is 0 Å². The van der Waals surface area contributed by atoms with Gasteiger partial charge in [0.05, 0.1) is 12.6 Å². The zero-order valence-electron chi connectivity index (χ0n) is 9.36. The Morgan fingerprint density at radius 2 is 2.50 bits per heavy atom. The minimum absolute atomic E-state index is 0.00860. The SMILES string of the molecule is COCC(CCO)NC(=O)[C@H]1CCC(=O)N1. The van der Waals surface area contributed by atoms with E-state index in [1.165, 1.54) is 7.11 Å². The van der Waals surface area contributed by atoms with Gasteiger partial charge < -0.3 is 20.5 Å². The van der Waals surface area contributed by atoms with E-state index in [0.29, 0.717) is 25.9 Å². The van der Waals surface area contributed by atoms with E-state index in [4.69, 9.17) is 9.84 Å². The first kappa shape index (κ1) is 12.9. The molecule has 0 radical (unpaired) electrons. The van der Waals surface area contributed by atoms with Gasteiger partial charge in [0, 0.05) is 20.1 Å². The predicted molar refractivity (Wildman–Crippen MR) is 56.7 cm³/mol. The highest BCUT2D eigenvalue weighted by molar-refractivity contribution is 5.90. The average molecular weight is 230 g/mol. The molecule has 0 saturated carbocycles. The van der Waals surface area contributed by atoms with Crippen molar-refractivity contribution in [2.24, 2.45) is 0 Å². The lowest BCUT2D eigenvalue weighted by molar-refractivity contribution is -0.126. The second-order valence-corrected chi connectivity index (χ2v) is 3.83. The van der Waals surface area contributed by atoms with Crippen molar-refractivity contribution in [2.75, 3.05) is 20.3 Å². The number of carbonyl (C=O) groups excluding carboxylic acids is 2. The number of aliphatic hydroxyl groups excluding tert-OH is 1. The van der Waals surface area contributed by atoms with Gasteiger partial charge in [-0.3, -0.25) is 9.59 Å². The van der Waals surface area contributed by atoms with Crippen LogP contribution in [0.5, 0.6) is 0 Å². The van der Waals surface area contributed by atoms with Crippen molar-refractivity contribution < 1.29 is 19.4 Å². The number of hydrogen-bond donors (Lipinski definition) is 3. The van der Waals surface area contributed by atoms with E-state index in [9.17, 15) is 9.59 Å². The van der Waals surface area contributed by atoms with E-state index in [0.717, 1.165) is 0 Å². The van der Waals surface area contributed by atoms with Crippen LogP contribution in [0.15, 0.2) is 0 Å². The molecule has 1 rings (SSSR count). The molecule has 6 nitrogen and oxygen atoms in total. The van der Waals surface area contributed by atoms with Crippen LogP contribution in [0.4, 0.5) is 0 Å². The van der Waals surface area contributed by atoms with Crippen LogP contribution in [0.25, 0.3) is 0 Å². The van der Waals surface area contributed by atoms with E-state index in [2.05, 4.69) is 10.6 Å². The van der Waals surface area contributed by atoms with Gasteiger partial charge in [0.1, 0.15) is 6.04 Å². The highest BCUT2D eigenvalue weighted by atomic mass is 16.5. The molecule has 2 amide bonds. The molecule has 0 spiro atoms. The van der Waals surface area contributed by atoms with Crippen LogP contribution in [0, 0.1) is 0 Å². The molecule has 0 bridgehead atoms. The molecule has 1 aliphatic heterocycles. The van der Waals surface area contributed by atoms with Gasteiger partial charge in [0.15, 0.2) is 0 Å². The lowest BCUT2D eigenvalue weighted by Crippen LogP contribution is -2.47. The Bertz CT molecular complexity index is 251. The summed E-state index contributed by atoms with van der Waals surface area (Å²) < 4.78 is 4.93. The second-order valence-electron chi connectivity index (χ2n) is 3.83. The highest BCUT2D eigenvalue weighted by Gasteiger charge is 2.28. The number of hydrogen-bond acceptors (Lipinski definition) is 4. The zero-order chi connectivity index (χ0) is 12.0. The molecular formula is C10H18N2O4. The molecule has 0 aromatic heterocycles. The van der Waals surface area contributed by atoms with Crippen LogP contribution in [-0.4, -0.2) is 49.3 Å². The number of ether oxygens (including phenoxy) is 1. The largest absolute Gasteiger partial charge is 0.396 e. The number of rotatable bonds is 6. The molecule has 1 fully saturated rings. The van der Waals surface area contributed by atoms with Crippen molar-refractivity contribution in [3.8, 4) is 0 Å². The molecule has 1 aliphatic rings. The van der Waals surface area contributed by atoms with Crippen molar-refractivity contribution in [1.29, 1.82) is 0 Å². The smallest absolute Gasteiger partial charge is 0.242 e. The van der Waals surface area contributed by atoms with E-state index >= 15 is 0 Å². The van der Waals surface area contributed by atoms with E-state index in [-0.39, 0.29) is 24.5 Å². The molecule has 92 valence electrons. The molecular weight excluding hydrogens is 212 g/mol. The van der Waals surface area contributed by atoms with E-state index < -0.39 is 6.04 Å². The van der Waals surface area contributed by atoms with Crippen LogP contribution < -0.4 is 10.6 Å². The molecule has 2 atom stereocenters. The summed E-state index contributed by atoms with van der Waals surface area (Å²) in [6.45, 7) is 0.346. The quantitative estimate of drug-likeness (QED) is 0.533. The number of amides is 2. The van der Waals surface area contributed by atoms with Gasteiger partial charge in [0.2, 0.25) is 11.8 Å². The van der Waals surface area contributed by atoms with Crippen LogP contribution in [-0.2, 0) is 14.3 Å². The normalized spacial score (nSPS) is 21.6. The molecule has 16 heavy (non-hydrogen) atoms. The highest BCUT2D eigenvalue weighted by Crippen LogP contribution is 2.07. The number of nitrogens with one attached hydrogen (secondary N) is 2. The van der Waals surface area contributed by atoms with Crippen molar-refractivity contribution >= 4 is 11.8 Å². The van der Waals surface area contributed by atoms with Gasteiger partial charge in [-0.2, -0.15) is 0 Å². The van der Waals surface area contributed by atoms with Gasteiger partial charge in [-0.1, -0.05) is 0 Å². The standard InChI is InChI=1S/C10H18N2O4/c1-16-6-7(4-5-13)11-10(15)8-2-3-9(14)12-8/h7-8,13H,2-6H2,1H3,(H,11,15)(H,12,14)/t7?,8-/m1/s1. The maximum atomic E-state index is 11.7. The predicted octanol–water partition coefficient (Wildman–Crippen LogP) is -1.22. The molecule has 0 aromatic carbocycles. The van der Waals surface area contributed by atoms with Crippen molar-refractivity contribution in [2.45, 2.75) is 31.3 Å². The summed E-state index contributed by atoms with van der Waals surface area (Å²) in [6, 6.07) is -0.648. The van der Waals surface area contributed by atoms with Gasteiger partial charge in [-0.05, 0) is 12.8 Å². The summed E-state index contributed by atoms with van der Waals surface area (Å²) >= 11 is 0. The Morgan fingerprint density at radius 3 is 3.00 bits per heavy atom. The lowest BCUT2D eigenvalue weighted by Gasteiger charge is -2.19. The number of aliphatic hydroxyl groups is 1. The van der Waals surface area contributed by atoms with Gasteiger partial charge >= 0.3 is 0 Å². The minimum atomic E-state index is -0.439. The first-order valence-electron chi connectivity index (χ1n) is 5.37. The summed E-state index contributed by atoms with van der Waals surface area (Å²) in [4.78, 5) is 22.6. The second kappa shape index (κ2) is 6.44. The Hall–Kier alpha value is -1.14. The Labute approximate surface area is 94.3 Å². The Morgan fingerprint density at radius 1 is 1.75 bits per heavy atom. The fourth-order valence-electron chi connectivity index (χ4n) is 1.67. The van der Waals surface area contributed by atoms with Crippen LogP contribution in [0.2, 0.25) is 0 Å². The van der Waals surface area contributed by atoms with Gasteiger partial charge in [0.25, 0.3) is 0 Å². The number of carbonyl (C=O) groups is 2. The topological polar surface area (TPSA) is 87.7 Å². The summed E-state index contributed by atoms with van der Waals surface area (Å²) in [5, 5.41) is 14.1. The molecule has 6 heteroatoms. The zero-order valence-corrected chi connectivity index (χ0v) is 9.36. The molecule has 0 aliphatic carbocycles. The molecule has 1 saturated heterocycles. The third-order valence-electron chi connectivity index (χ3n) is 2.50. The van der Waals surface area contributed by atoms with Crippen LogP contribution in [0.1, 0.15) is 19.3 Å². The van der Waals surface area contributed by atoms with Gasteiger partial charge in [-0.25, -0.2) is 0 Å². The summed E-state index contributed by atoms with van der Waals surface area (Å²) in [5.74, 6) is -0.299. The van der Waals surface area contributed by atoms with Crippen molar-refractivity contribution in [3.05, 3.63) is 0 Å². The monoisotopic (exact) mass is 230 g/mol. The average Bonchev–Trinajstić information content (AvgIpc) is 2.65. The van der Waals surface area contributed by atoms with Crippen molar-refractivity contribution in [1.82, 2.24) is 10.6 Å². The maximum Gasteiger partial charge on any atom is 0.242 e. The maximum absolute atomic E-state index is 11.7. The first-order valence-corrected chi connectivity index (χ1v) is 5.37. The summed E-state index contributed by atoms with van der Waals surface area (Å²) in [7, 11) is 1.54. The van der Waals surface area contributed by atoms with E-state index in [1.807, 2.05) is 0 Å². The fraction of sp³-hybridized carbons (Fsp3) is 0.800.